The summed E-state index contributed by atoms with van der Waals surface area (Å²) >= 11 is 1.85. The predicted molar refractivity (Wildman–Crippen MR) is 91.1 cm³/mol. The van der Waals surface area contributed by atoms with E-state index in [0.717, 1.165) is 26.1 Å². The van der Waals surface area contributed by atoms with Gasteiger partial charge < -0.3 is 9.67 Å². The standard InChI is InChI=1S/C17H22N4O2S/c22-16(23)17(21-10-7-18-12-21)5-8-20(9-6-17)11-15-19-13-3-1-2-4-14(13)24-15/h7,10,12H,1-6,8-9,11H2,(H,22,23). The molecule has 7 heteroatoms. The Kier molecular flexibility index (Phi) is 4.14. The SMILES string of the molecule is O=C(O)C1(n2ccnc2)CCN(Cc2nc3c(s2)CCCC3)CC1. The molecule has 3 heterocycles. The molecule has 0 saturated carbocycles. The number of fused-ring (bicyclic) bond motifs is 1. The fraction of sp³-hybridized carbons (Fsp3) is 0.588. The van der Waals surface area contributed by atoms with E-state index in [1.54, 1.807) is 23.3 Å². The summed E-state index contributed by atoms with van der Waals surface area (Å²) < 4.78 is 1.76. The fourth-order valence-corrected chi connectivity index (χ4v) is 5.04. The van der Waals surface area contributed by atoms with Crippen LogP contribution in [0.15, 0.2) is 18.7 Å². The molecule has 2 aromatic rings. The molecule has 0 atom stereocenters. The zero-order valence-electron chi connectivity index (χ0n) is 13.6. The van der Waals surface area contributed by atoms with Crippen LogP contribution in [0, 0.1) is 0 Å². The number of rotatable bonds is 4. The number of carboxylic acid groups (broad SMARTS) is 1. The van der Waals surface area contributed by atoms with Crippen molar-refractivity contribution in [3.05, 3.63) is 34.3 Å². The van der Waals surface area contributed by atoms with Gasteiger partial charge in [0.1, 0.15) is 10.5 Å². The van der Waals surface area contributed by atoms with Gasteiger partial charge in [0.2, 0.25) is 0 Å². The molecule has 128 valence electrons. The van der Waals surface area contributed by atoms with E-state index in [0.29, 0.717) is 12.8 Å². The maximum Gasteiger partial charge on any atom is 0.330 e. The first-order chi connectivity index (χ1) is 11.7. The number of aliphatic carboxylic acids is 1. The van der Waals surface area contributed by atoms with Crippen molar-refractivity contribution in [1.29, 1.82) is 0 Å². The van der Waals surface area contributed by atoms with E-state index in [1.807, 2.05) is 11.3 Å². The molecule has 1 saturated heterocycles. The lowest BCUT2D eigenvalue weighted by atomic mass is 9.87. The molecule has 0 aromatic carbocycles. The first-order valence-corrected chi connectivity index (χ1v) is 9.41. The molecule has 1 fully saturated rings. The average molecular weight is 346 g/mol. The van der Waals surface area contributed by atoms with Crippen molar-refractivity contribution < 1.29 is 9.90 Å². The Morgan fingerprint density at radius 3 is 2.75 bits per heavy atom. The molecule has 1 aliphatic heterocycles. The molecule has 1 aliphatic carbocycles. The van der Waals surface area contributed by atoms with Crippen molar-refractivity contribution >= 4 is 17.3 Å². The highest BCUT2D eigenvalue weighted by molar-refractivity contribution is 7.11. The molecule has 1 N–H and O–H groups in total. The number of hydrogen-bond acceptors (Lipinski definition) is 5. The van der Waals surface area contributed by atoms with E-state index < -0.39 is 11.5 Å². The number of aromatic nitrogens is 3. The maximum absolute atomic E-state index is 11.9. The van der Waals surface area contributed by atoms with Crippen LogP contribution >= 0.6 is 11.3 Å². The third-order valence-electron chi connectivity index (χ3n) is 5.33. The molecule has 0 amide bonds. The van der Waals surface area contributed by atoms with Crippen molar-refractivity contribution in [2.24, 2.45) is 0 Å². The minimum absolute atomic E-state index is 0.601. The number of likely N-dealkylation sites (tertiary alicyclic amines) is 1. The van der Waals surface area contributed by atoms with Gasteiger partial charge in [-0.15, -0.1) is 11.3 Å². The zero-order chi connectivity index (χ0) is 16.6. The van der Waals surface area contributed by atoms with Crippen LogP contribution in [0.4, 0.5) is 0 Å². The quantitative estimate of drug-likeness (QED) is 0.920. The molecule has 0 radical (unpaired) electrons. The molecule has 2 aromatic heterocycles. The van der Waals surface area contributed by atoms with Gasteiger partial charge in [0.05, 0.1) is 18.6 Å². The topological polar surface area (TPSA) is 71.2 Å². The Labute approximate surface area is 145 Å². The minimum atomic E-state index is -0.852. The van der Waals surface area contributed by atoms with Crippen LogP contribution in [-0.4, -0.2) is 43.6 Å². The summed E-state index contributed by atoms with van der Waals surface area (Å²) in [5.41, 5.74) is 0.450. The van der Waals surface area contributed by atoms with Gasteiger partial charge in [-0.05, 0) is 38.5 Å². The number of imidazole rings is 1. The molecule has 24 heavy (non-hydrogen) atoms. The Hall–Kier alpha value is -1.73. The highest BCUT2D eigenvalue weighted by atomic mass is 32.1. The number of hydrogen-bond donors (Lipinski definition) is 1. The molecule has 0 spiro atoms. The zero-order valence-corrected chi connectivity index (χ0v) is 14.5. The number of nitrogens with zero attached hydrogens (tertiary/aromatic N) is 4. The number of aryl methyl sites for hydroxylation is 2. The lowest BCUT2D eigenvalue weighted by Crippen LogP contribution is -2.50. The average Bonchev–Trinajstić information content (AvgIpc) is 3.24. The summed E-state index contributed by atoms with van der Waals surface area (Å²) in [6.07, 6.45) is 11.1. The second kappa shape index (κ2) is 6.29. The Morgan fingerprint density at radius 2 is 2.08 bits per heavy atom. The molecule has 2 aliphatic rings. The maximum atomic E-state index is 11.9. The van der Waals surface area contributed by atoms with E-state index in [-0.39, 0.29) is 0 Å². The number of piperidine rings is 1. The Bertz CT molecular complexity index is 694. The molecule has 4 rings (SSSR count). The molecule has 0 bridgehead atoms. The number of carboxylic acids is 1. The van der Waals surface area contributed by atoms with Crippen LogP contribution in [0.2, 0.25) is 0 Å². The van der Waals surface area contributed by atoms with Crippen LogP contribution < -0.4 is 0 Å². The van der Waals surface area contributed by atoms with Gasteiger partial charge in [0.15, 0.2) is 0 Å². The third kappa shape index (κ3) is 2.75. The van der Waals surface area contributed by atoms with Crippen LogP contribution in [0.5, 0.6) is 0 Å². The van der Waals surface area contributed by atoms with E-state index in [4.69, 9.17) is 4.98 Å². The summed E-state index contributed by atoms with van der Waals surface area (Å²) in [5, 5.41) is 11.0. The van der Waals surface area contributed by atoms with Gasteiger partial charge in [-0.25, -0.2) is 14.8 Å². The smallest absolute Gasteiger partial charge is 0.330 e. The Morgan fingerprint density at radius 1 is 1.29 bits per heavy atom. The fourth-order valence-electron chi connectivity index (χ4n) is 3.84. The molecule has 0 unspecified atom stereocenters. The first-order valence-electron chi connectivity index (χ1n) is 8.59. The van der Waals surface area contributed by atoms with E-state index in [9.17, 15) is 9.90 Å². The molecule has 6 nitrogen and oxygen atoms in total. The second-order valence-electron chi connectivity index (χ2n) is 6.77. The lowest BCUT2D eigenvalue weighted by molar-refractivity contribution is -0.150. The van der Waals surface area contributed by atoms with E-state index in [1.165, 1.54) is 34.8 Å². The Balaban J connectivity index is 1.44. The van der Waals surface area contributed by atoms with Crippen molar-refractivity contribution in [3.8, 4) is 0 Å². The van der Waals surface area contributed by atoms with Gasteiger partial charge in [-0.3, -0.25) is 4.90 Å². The van der Waals surface area contributed by atoms with E-state index in [2.05, 4.69) is 9.88 Å². The highest BCUT2D eigenvalue weighted by Gasteiger charge is 2.43. The van der Waals surface area contributed by atoms with Gasteiger partial charge >= 0.3 is 5.97 Å². The van der Waals surface area contributed by atoms with Crippen molar-refractivity contribution in [1.82, 2.24) is 19.4 Å². The minimum Gasteiger partial charge on any atom is -0.479 e. The largest absolute Gasteiger partial charge is 0.479 e. The number of thiazole rings is 1. The van der Waals surface area contributed by atoms with Crippen molar-refractivity contribution in [2.75, 3.05) is 13.1 Å². The summed E-state index contributed by atoms with van der Waals surface area (Å²) in [6, 6.07) is 0. The van der Waals surface area contributed by atoms with Crippen molar-refractivity contribution in [3.63, 3.8) is 0 Å². The molecular weight excluding hydrogens is 324 g/mol. The van der Waals surface area contributed by atoms with Crippen LogP contribution in [-0.2, 0) is 29.7 Å². The van der Waals surface area contributed by atoms with Gasteiger partial charge in [0, 0.05) is 30.4 Å². The monoisotopic (exact) mass is 346 g/mol. The van der Waals surface area contributed by atoms with E-state index >= 15 is 0 Å². The predicted octanol–water partition coefficient (Wildman–Crippen LogP) is 2.29. The van der Waals surface area contributed by atoms with Crippen LogP contribution in [0.1, 0.15) is 41.3 Å². The first kappa shape index (κ1) is 15.8. The summed E-state index contributed by atoms with van der Waals surface area (Å²) in [5.74, 6) is -0.759. The summed E-state index contributed by atoms with van der Waals surface area (Å²) in [7, 11) is 0. The lowest BCUT2D eigenvalue weighted by Gasteiger charge is -2.39. The normalized spacial score (nSPS) is 20.7. The highest BCUT2D eigenvalue weighted by Crippen LogP contribution is 2.32. The third-order valence-corrected chi connectivity index (χ3v) is 6.47. The summed E-state index contributed by atoms with van der Waals surface area (Å²) in [4.78, 5) is 24.5. The van der Waals surface area contributed by atoms with Gasteiger partial charge in [0.25, 0.3) is 0 Å². The molecular formula is C17H22N4O2S. The van der Waals surface area contributed by atoms with Crippen LogP contribution in [0.25, 0.3) is 0 Å². The van der Waals surface area contributed by atoms with Gasteiger partial charge in [-0.1, -0.05) is 0 Å². The van der Waals surface area contributed by atoms with Crippen molar-refractivity contribution in [2.45, 2.75) is 50.6 Å². The second-order valence-corrected chi connectivity index (χ2v) is 7.94. The summed E-state index contributed by atoms with van der Waals surface area (Å²) in [6.45, 7) is 2.39. The number of carbonyl (C=O) groups is 1. The van der Waals surface area contributed by atoms with Gasteiger partial charge in [-0.2, -0.15) is 0 Å². The van der Waals surface area contributed by atoms with Crippen LogP contribution in [0.3, 0.4) is 0 Å².